The monoisotopic (exact) mass is 265 g/mol. The van der Waals surface area contributed by atoms with Gasteiger partial charge in [0.15, 0.2) is 0 Å². The van der Waals surface area contributed by atoms with E-state index >= 15 is 0 Å². The fraction of sp³-hybridized carbons (Fsp3) is 0.385. The van der Waals surface area contributed by atoms with Gasteiger partial charge in [-0.1, -0.05) is 5.57 Å². The fourth-order valence-corrected chi connectivity index (χ4v) is 2.97. The van der Waals surface area contributed by atoms with Crippen molar-refractivity contribution in [3.05, 3.63) is 33.0 Å². The molecule has 5 heteroatoms. The van der Waals surface area contributed by atoms with Crippen LogP contribution >= 0.6 is 11.3 Å². The molecule has 0 saturated heterocycles. The molecule has 1 aromatic heterocycles. The maximum absolute atomic E-state index is 11.9. The zero-order valence-electron chi connectivity index (χ0n) is 10.4. The highest BCUT2D eigenvalue weighted by Crippen LogP contribution is 2.28. The largest absolute Gasteiger partial charge is 0.477 e. The van der Waals surface area contributed by atoms with Crippen molar-refractivity contribution in [1.82, 2.24) is 4.90 Å². The number of thiophene rings is 1. The van der Waals surface area contributed by atoms with E-state index in [1.165, 1.54) is 11.3 Å². The Kier molecular flexibility index (Phi) is 3.52. The lowest BCUT2D eigenvalue weighted by molar-refractivity contribution is -0.126. The van der Waals surface area contributed by atoms with Crippen LogP contribution in [-0.4, -0.2) is 28.4 Å². The first-order chi connectivity index (χ1) is 8.47. The molecule has 0 aliphatic carbocycles. The molecule has 1 amide bonds. The van der Waals surface area contributed by atoms with E-state index in [0.717, 1.165) is 22.4 Å². The molecule has 2 rings (SSSR count). The van der Waals surface area contributed by atoms with E-state index in [1.54, 1.807) is 17.0 Å². The van der Waals surface area contributed by atoms with E-state index in [4.69, 9.17) is 5.11 Å². The maximum Gasteiger partial charge on any atom is 0.345 e. The Morgan fingerprint density at radius 2 is 2.17 bits per heavy atom. The second-order valence-corrected chi connectivity index (χ2v) is 5.73. The molecule has 0 spiro atoms. The number of carboxylic acids is 1. The number of rotatable bonds is 2. The molecule has 1 N–H and O–H groups in total. The summed E-state index contributed by atoms with van der Waals surface area (Å²) in [5.74, 6) is -0.889. The van der Waals surface area contributed by atoms with Gasteiger partial charge < -0.3 is 10.0 Å². The molecular weight excluding hydrogens is 250 g/mol. The summed E-state index contributed by atoms with van der Waals surface area (Å²) < 4.78 is 0. The number of carboxylic acid groups (broad SMARTS) is 1. The van der Waals surface area contributed by atoms with E-state index in [-0.39, 0.29) is 5.91 Å². The van der Waals surface area contributed by atoms with Gasteiger partial charge in [0.1, 0.15) is 4.88 Å². The van der Waals surface area contributed by atoms with Crippen LogP contribution in [-0.2, 0) is 17.8 Å². The second kappa shape index (κ2) is 4.94. The number of hydrogen-bond acceptors (Lipinski definition) is 3. The SMILES string of the molecule is CC(C)=CC(=O)N1CCc2sc(C(=O)O)cc2C1. The van der Waals surface area contributed by atoms with Gasteiger partial charge in [0.2, 0.25) is 5.91 Å². The number of allylic oxidation sites excluding steroid dienone is 1. The molecular formula is C13H15NO3S. The van der Waals surface area contributed by atoms with Crippen molar-refractivity contribution in [3.8, 4) is 0 Å². The summed E-state index contributed by atoms with van der Waals surface area (Å²) in [6.45, 7) is 4.96. The summed E-state index contributed by atoms with van der Waals surface area (Å²) in [4.78, 5) is 26.0. The summed E-state index contributed by atoms with van der Waals surface area (Å²) in [7, 11) is 0. The number of amides is 1. The number of carbonyl (C=O) groups excluding carboxylic acids is 1. The molecule has 18 heavy (non-hydrogen) atoms. The Labute approximate surface area is 110 Å². The molecule has 0 unspecified atom stereocenters. The van der Waals surface area contributed by atoms with Crippen LogP contribution in [0, 0.1) is 0 Å². The van der Waals surface area contributed by atoms with Crippen molar-refractivity contribution < 1.29 is 14.7 Å². The minimum atomic E-state index is -0.892. The maximum atomic E-state index is 11.9. The van der Waals surface area contributed by atoms with Gasteiger partial charge in [-0.05, 0) is 31.9 Å². The van der Waals surface area contributed by atoms with Crippen molar-refractivity contribution in [3.63, 3.8) is 0 Å². The van der Waals surface area contributed by atoms with Crippen LogP contribution in [0.3, 0.4) is 0 Å². The standard InChI is InChI=1S/C13H15NO3S/c1-8(2)5-12(15)14-4-3-10-9(7-14)6-11(18-10)13(16)17/h5-6H,3-4,7H2,1-2H3,(H,16,17). The normalized spacial score (nSPS) is 14.0. The second-order valence-electron chi connectivity index (χ2n) is 4.60. The molecule has 0 aromatic carbocycles. The van der Waals surface area contributed by atoms with Gasteiger partial charge in [-0.15, -0.1) is 11.3 Å². The Balaban J connectivity index is 2.17. The molecule has 0 saturated carbocycles. The van der Waals surface area contributed by atoms with Gasteiger partial charge in [-0.2, -0.15) is 0 Å². The average molecular weight is 265 g/mol. The van der Waals surface area contributed by atoms with Crippen molar-refractivity contribution in [1.29, 1.82) is 0 Å². The number of carbonyl (C=O) groups is 2. The Morgan fingerprint density at radius 3 is 2.78 bits per heavy atom. The molecule has 4 nitrogen and oxygen atoms in total. The fourth-order valence-electron chi connectivity index (χ4n) is 1.96. The topological polar surface area (TPSA) is 57.6 Å². The first-order valence-corrected chi connectivity index (χ1v) is 6.57. The molecule has 0 fully saturated rings. The molecule has 1 aliphatic heterocycles. The molecule has 0 radical (unpaired) electrons. The van der Waals surface area contributed by atoms with E-state index in [9.17, 15) is 9.59 Å². The molecule has 96 valence electrons. The van der Waals surface area contributed by atoms with Crippen LogP contribution in [0.4, 0.5) is 0 Å². The van der Waals surface area contributed by atoms with Crippen LogP contribution in [0.25, 0.3) is 0 Å². The minimum absolute atomic E-state index is 0.00345. The predicted molar refractivity (Wildman–Crippen MR) is 69.8 cm³/mol. The van der Waals surface area contributed by atoms with E-state index < -0.39 is 5.97 Å². The third-order valence-electron chi connectivity index (χ3n) is 2.80. The average Bonchev–Trinajstić information content (AvgIpc) is 2.70. The summed E-state index contributed by atoms with van der Waals surface area (Å²) in [5.41, 5.74) is 1.95. The van der Waals surface area contributed by atoms with Gasteiger partial charge in [0.25, 0.3) is 0 Å². The van der Waals surface area contributed by atoms with E-state index in [2.05, 4.69) is 0 Å². The van der Waals surface area contributed by atoms with Gasteiger partial charge >= 0.3 is 5.97 Å². The Morgan fingerprint density at radius 1 is 1.44 bits per heavy atom. The molecule has 0 atom stereocenters. The summed E-state index contributed by atoms with van der Waals surface area (Å²) in [6, 6.07) is 1.68. The van der Waals surface area contributed by atoms with Gasteiger partial charge in [-0.25, -0.2) is 4.79 Å². The minimum Gasteiger partial charge on any atom is -0.477 e. The molecule has 0 bridgehead atoms. The van der Waals surface area contributed by atoms with Crippen molar-refractivity contribution in [2.24, 2.45) is 0 Å². The smallest absolute Gasteiger partial charge is 0.345 e. The van der Waals surface area contributed by atoms with E-state index in [1.807, 2.05) is 13.8 Å². The Bertz CT molecular complexity index is 526. The highest BCUT2D eigenvalue weighted by atomic mass is 32.1. The zero-order valence-corrected chi connectivity index (χ0v) is 11.2. The lowest BCUT2D eigenvalue weighted by Gasteiger charge is -2.25. The molecule has 1 aliphatic rings. The van der Waals surface area contributed by atoms with Gasteiger partial charge in [0, 0.05) is 24.0 Å². The number of fused-ring (bicyclic) bond motifs is 1. The van der Waals surface area contributed by atoms with Crippen molar-refractivity contribution in [2.45, 2.75) is 26.8 Å². The van der Waals surface area contributed by atoms with Gasteiger partial charge in [-0.3, -0.25) is 4.79 Å². The van der Waals surface area contributed by atoms with Crippen LogP contribution in [0.15, 0.2) is 17.7 Å². The first kappa shape index (κ1) is 12.8. The van der Waals surface area contributed by atoms with Gasteiger partial charge in [0.05, 0.1) is 0 Å². The first-order valence-electron chi connectivity index (χ1n) is 5.76. The van der Waals surface area contributed by atoms with Crippen molar-refractivity contribution in [2.75, 3.05) is 6.54 Å². The predicted octanol–water partition coefficient (Wildman–Crippen LogP) is 2.30. The molecule has 1 aromatic rings. The third-order valence-corrected chi connectivity index (χ3v) is 4.03. The zero-order chi connectivity index (χ0) is 13.3. The Hall–Kier alpha value is -1.62. The van der Waals surface area contributed by atoms with Crippen LogP contribution < -0.4 is 0 Å². The van der Waals surface area contributed by atoms with E-state index in [0.29, 0.717) is 18.0 Å². The molecule has 2 heterocycles. The quantitative estimate of drug-likeness (QED) is 0.835. The highest BCUT2D eigenvalue weighted by molar-refractivity contribution is 7.14. The van der Waals surface area contributed by atoms with Crippen LogP contribution in [0.1, 0.15) is 34.0 Å². The summed E-state index contributed by atoms with van der Waals surface area (Å²) in [6.07, 6.45) is 2.37. The van der Waals surface area contributed by atoms with Crippen molar-refractivity contribution >= 4 is 23.2 Å². The lowest BCUT2D eigenvalue weighted by atomic mass is 10.1. The summed E-state index contributed by atoms with van der Waals surface area (Å²) >= 11 is 1.32. The highest BCUT2D eigenvalue weighted by Gasteiger charge is 2.23. The van der Waals surface area contributed by atoms with Crippen LogP contribution in [0.2, 0.25) is 0 Å². The number of nitrogens with zero attached hydrogens (tertiary/aromatic N) is 1. The number of hydrogen-bond donors (Lipinski definition) is 1. The number of aromatic carboxylic acids is 1. The lowest BCUT2D eigenvalue weighted by Crippen LogP contribution is -2.34. The third kappa shape index (κ3) is 2.61. The summed E-state index contributed by atoms with van der Waals surface area (Å²) in [5, 5.41) is 8.95. The van der Waals surface area contributed by atoms with Crippen LogP contribution in [0.5, 0.6) is 0 Å².